The standard InChI is InChI=1S/C24H31ClN2O3/c1-2-22(28)27-16-24(17-27)9-11-26(12-10-24)23(29)21(15-18-7-13-30-14-8-18)19-3-5-20(25)6-4-19/h2-6,18,21H,1,7-17H2. The van der Waals surface area contributed by atoms with Crippen LogP contribution >= 0.6 is 11.6 Å². The van der Waals surface area contributed by atoms with Gasteiger partial charge in [-0.2, -0.15) is 0 Å². The molecule has 6 heteroatoms. The number of piperidine rings is 1. The molecule has 3 heterocycles. The van der Waals surface area contributed by atoms with E-state index in [0.717, 1.165) is 77.1 Å². The van der Waals surface area contributed by atoms with Crippen LogP contribution in [-0.2, 0) is 14.3 Å². The third-order valence-electron chi connectivity index (χ3n) is 7.15. The molecule has 3 aliphatic heterocycles. The summed E-state index contributed by atoms with van der Waals surface area (Å²) >= 11 is 6.09. The van der Waals surface area contributed by atoms with E-state index in [1.165, 1.54) is 6.08 Å². The van der Waals surface area contributed by atoms with Crippen LogP contribution in [0.1, 0.15) is 43.6 Å². The summed E-state index contributed by atoms with van der Waals surface area (Å²) in [6.45, 7) is 8.28. The number of benzene rings is 1. The maximum atomic E-state index is 13.6. The average Bonchev–Trinajstić information content (AvgIpc) is 2.76. The molecule has 0 bridgehead atoms. The second-order valence-electron chi connectivity index (χ2n) is 9.12. The summed E-state index contributed by atoms with van der Waals surface area (Å²) in [5.74, 6) is 0.639. The van der Waals surface area contributed by atoms with Crippen molar-refractivity contribution in [3.63, 3.8) is 0 Å². The fourth-order valence-electron chi connectivity index (χ4n) is 5.18. The van der Waals surface area contributed by atoms with Crippen molar-refractivity contribution in [3.8, 4) is 0 Å². The molecule has 1 unspecified atom stereocenters. The summed E-state index contributed by atoms with van der Waals surface area (Å²) in [6, 6.07) is 7.76. The Morgan fingerprint density at radius 1 is 1.13 bits per heavy atom. The molecule has 1 spiro atoms. The Morgan fingerprint density at radius 3 is 2.37 bits per heavy atom. The summed E-state index contributed by atoms with van der Waals surface area (Å²) in [7, 11) is 0. The molecule has 5 nitrogen and oxygen atoms in total. The third kappa shape index (κ3) is 4.57. The SMILES string of the molecule is C=CC(=O)N1CC2(CCN(C(=O)C(CC3CCOCC3)c3ccc(Cl)cc3)CC2)C1. The van der Waals surface area contributed by atoms with Gasteiger partial charge in [-0.1, -0.05) is 30.3 Å². The maximum Gasteiger partial charge on any atom is 0.245 e. The highest BCUT2D eigenvalue weighted by Gasteiger charge is 2.47. The molecule has 3 fully saturated rings. The molecule has 3 saturated heterocycles. The number of hydrogen-bond acceptors (Lipinski definition) is 3. The lowest BCUT2D eigenvalue weighted by molar-refractivity contribution is -0.147. The van der Waals surface area contributed by atoms with Gasteiger partial charge in [0.2, 0.25) is 11.8 Å². The molecule has 0 N–H and O–H groups in total. The highest BCUT2D eigenvalue weighted by atomic mass is 35.5. The van der Waals surface area contributed by atoms with Gasteiger partial charge in [0.25, 0.3) is 0 Å². The van der Waals surface area contributed by atoms with E-state index in [9.17, 15) is 9.59 Å². The van der Waals surface area contributed by atoms with Crippen LogP contribution in [0.2, 0.25) is 5.02 Å². The van der Waals surface area contributed by atoms with Gasteiger partial charge in [0.05, 0.1) is 5.92 Å². The minimum Gasteiger partial charge on any atom is -0.381 e. The zero-order chi connectivity index (χ0) is 21.1. The van der Waals surface area contributed by atoms with Gasteiger partial charge in [-0.3, -0.25) is 9.59 Å². The molecule has 1 aromatic rings. The number of hydrogen-bond donors (Lipinski definition) is 0. The van der Waals surface area contributed by atoms with Gasteiger partial charge in [0.1, 0.15) is 0 Å². The summed E-state index contributed by atoms with van der Waals surface area (Å²) < 4.78 is 5.51. The summed E-state index contributed by atoms with van der Waals surface area (Å²) in [6.07, 6.45) is 6.22. The quantitative estimate of drug-likeness (QED) is 0.666. The van der Waals surface area contributed by atoms with Crippen molar-refractivity contribution in [1.29, 1.82) is 0 Å². The van der Waals surface area contributed by atoms with Crippen molar-refractivity contribution in [2.75, 3.05) is 39.4 Å². The molecule has 1 aromatic carbocycles. The predicted octanol–water partition coefficient (Wildman–Crippen LogP) is 3.88. The van der Waals surface area contributed by atoms with Crippen LogP contribution in [0.15, 0.2) is 36.9 Å². The first-order chi connectivity index (χ1) is 14.5. The van der Waals surface area contributed by atoms with Crippen molar-refractivity contribution in [3.05, 3.63) is 47.5 Å². The molecule has 0 aliphatic carbocycles. The van der Waals surface area contributed by atoms with E-state index in [-0.39, 0.29) is 23.1 Å². The van der Waals surface area contributed by atoms with E-state index < -0.39 is 0 Å². The second kappa shape index (κ2) is 9.11. The number of halogens is 1. The number of likely N-dealkylation sites (tertiary alicyclic amines) is 2. The van der Waals surface area contributed by atoms with E-state index in [0.29, 0.717) is 10.9 Å². The Bertz CT molecular complexity index is 772. The Hall–Kier alpha value is -1.85. The first kappa shape index (κ1) is 21.4. The Balaban J connectivity index is 1.41. The Labute approximate surface area is 184 Å². The monoisotopic (exact) mass is 430 g/mol. The number of carbonyl (C=O) groups is 2. The van der Waals surface area contributed by atoms with Crippen LogP contribution in [0.4, 0.5) is 0 Å². The van der Waals surface area contributed by atoms with Crippen LogP contribution in [0.5, 0.6) is 0 Å². The van der Waals surface area contributed by atoms with Crippen LogP contribution in [0.25, 0.3) is 0 Å². The normalized spacial score (nSPS) is 22.4. The van der Waals surface area contributed by atoms with E-state index in [1.54, 1.807) is 0 Å². The topological polar surface area (TPSA) is 49.9 Å². The van der Waals surface area contributed by atoms with E-state index in [2.05, 4.69) is 6.58 Å². The maximum absolute atomic E-state index is 13.6. The Morgan fingerprint density at radius 2 is 1.77 bits per heavy atom. The highest BCUT2D eigenvalue weighted by Crippen LogP contribution is 2.41. The van der Waals surface area contributed by atoms with Gasteiger partial charge < -0.3 is 14.5 Å². The summed E-state index contributed by atoms with van der Waals surface area (Å²) in [5.41, 5.74) is 1.24. The molecule has 30 heavy (non-hydrogen) atoms. The lowest BCUT2D eigenvalue weighted by Gasteiger charge is -2.54. The molecule has 1 atom stereocenters. The molecular formula is C24H31ClN2O3. The van der Waals surface area contributed by atoms with Crippen LogP contribution < -0.4 is 0 Å². The number of carbonyl (C=O) groups excluding carboxylic acids is 2. The lowest BCUT2D eigenvalue weighted by Crippen LogP contribution is -2.62. The van der Waals surface area contributed by atoms with Crippen LogP contribution in [-0.4, -0.2) is 61.0 Å². The van der Waals surface area contributed by atoms with Crippen molar-refractivity contribution >= 4 is 23.4 Å². The molecule has 162 valence electrons. The van der Waals surface area contributed by atoms with Gasteiger partial charge in [-0.15, -0.1) is 0 Å². The number of amides is 2. The summed E-state index contributed by atoms with van der Waals surface area (Å²) in [5, 5.41) is 0.694. The van der Waals surface area contributed by atoms with Crippen molar-refractivity contribution < 1.29 is 14.3 Å². The molecule has 4 rings (SSSR count). The van der Waals surface area contributed by atoms with Gasteiger partial charge in [0, 0.05) is 49.8 Å². The van der Waals surface area contributed by atoms with E-state index in [1.807, 2.05) is 34.1 Å². The molecule has 2 amide bonds. The first-order valence-corrected chi connectivity index (χ1v) is 11.4. The van der Waals surface area contributed by atoms with Gasteiger partial charge in [-0.25, -0.2) is 0 Å². The van der Waals surface area contributed by atoms with Crippen LogP contribution in [0, 0.1) is 11.3 Å². The minimum absolute atomic E-state index is 0.0124. The summed E-state index contributed by atoms with van der Waals surface area (Å²) in [4.78, 5) is 29.3. The Kier molecular flexibility index (Phi) is 6.49. The molecule has 0 saturated carbocycles. The van der Waals surface area contributed by atoms with E-state index in [4.69, 9.17) is 16.3 Å². The van der Waals surface area contributed by atoms with Gasteiger partial charge >= 0.3 is 0 Å². The van der Waals surface area contributed by atoms with Crippen molar-refractivity contribution in [2.45, 2.75) is 38.0 Å². The number of nitrogens with zero attached hydrogens (tertiary/aromatic N) is 2. The number of ether oxygens (including phenoxy) is 1. The van der Waals surface area contributed by atoms with Crippen molar-refractivity contribution in [2.24, 2.45) is 11.3 Å². The zero-order valence-corrected chi connectivity index (χ0v) is 18.3. The molecule has 0 aromatic heterocycles. The van der Waals surface area contributed by atoms with Crippen LogP contribution in [0.3, 0.4) is 0 Å². The second-order valence-corrected chi connectivity index (χ2v) is 9.56. The first-order valence-electron chi connectivity index (χ1n) is 11.0. The third-order valence-corrected chi connectivity index (χ3v) is 7.41. The fraction of sp³-hybridized carbons (Fsp3) is 0.583. The zero-order valence-electron chi connectivity index (χ0n) is 17.5. The van der Waals surface area contributed by atoms with Gasteiger partial charge in [0.15, 0.2) is 0 Å². The van der Waals surface area contributed by atoms with E-state index >= 15 is 0 Å². The molecule has 3 aliphatic rings. The fourth-order valence-corrected chi connectivity index (χ4v) is 5.30. The predicted molar refractivity (Wildman–Crippen MR) is 117 cm³/mol. The number of rotatable bonds is 5. The van der Waals surface area contributed by atoms with Crippen molar-refractivity contribution in [1.82, 2.24) is 9.80 Å². The lowest BCUT2D eigenvalue weighted by atomic mass is 9.71. The highest BCUT2D eigenvalue weighted by molar-refractivity contribution is 6.30. The molecular weight excluding hydrogens is 400 g/mol. The minimum atomic E-state index is -0.125. The molecule has 0 radical (unpaired) electrons. The average molecular weight is 431 g/mol. The largest absolute Gasteiger partial charge is 0.381 e. The van der Waals surface area contributed by atoms with Gasteiger partial charge in [-0.05, 0) is 61.8 Å². The smallest absolute Gasteiger partial charge is 0.245 e.